The van der Waals surface area contributed by atoms with Crippen LogP contribution in [-0.2, 0) is 9.53 Å². The van der Waals surface area contributed by atoms with Gasteiger partial charge in [0.25, 0.3) is 0 Å². The molecule has 0 radical (unpaired) electrons. The average Bonchev–Trinajstić information content (AvgIpc) is 3.53. The van der Waals surface area contributed by atoms with E-state index in [9.17, 15) is 13.6 Å². The second kappa shape index (κ2) is 11.2. The van der Waals surface area contributed by atoms with Crippen molar-refractivity contribution in [1.82, 2.24) is 10.6 Å². The number of rotatable bonds is 8. The van der Waals surface area contributed by atoms with E-state index in [2.05, 4.69) is 15.6 Å². The molecule has 3 atom stereocenters. The molecule has 2 aliphatic heterocycles. The van der Waals surface area contributed by atoms with E-state index >= 15 is 0 Å². The van der Waals surface area contributed by atoms with E-state index in [0.717, 1.165) is 44.3 Å². The number of carbonyl (C=O) groups is 1. The van der Waals surface area contributed by atoms with E-state index in [1.54, 1.807) is 30.5 Å². The second-order valence-electron chi connectivity index (χ2n) is 10.4. The van der Waals surface area contributed by atoms with Gasteiger partial charge in [0.2, 0.25) is 5.91 Å². The molecule has 1 amide bonds. The summed E-state index contributed by atoms with van der Waals surface area (Å²) < 4.78 is 34.1. The summed E-state index contributed by atoms with van der Waals surface area (Å²) in [6.07, 6.45) is 8.09. The number of ether oxygens (including phenoxy) is 1. The van der Waals surface area contributed by atoms with Gasteiger partial charge < -0.3 is 21.1 Å². The van der Waals surface area contributed by atoms with Gasteiger partial charge in [-0.3, -0.25) is 9.79 Å². The Hall–Kier alpha value is -2.94. The molecule has 2 heterocycles. The molecule has 0 aromatic heterocycles. The van der Waals surface area contributed by atoms with Gasteiger partial charge in [0.05, 0.1) is 30.0 Å². The minimum absolute atomic E-state index is 0.0143. The summed E-state index contributed by atoms with van der Waals surface area (Å²) in [5, 5.41) is 6.50. The van der Waals surface area contributed by atoms with Crippen molar-refractivity contribution >= 4 is 12.1 Å². The van der Waals surface area contributed by atoms with Crippen LogP contribution in [0.4, 0.5) is 8.78 Å². The van der Waals surface area contributed by atoms with Crippen molar-refractivity contribution in [2.75, 3.05) is 19.6 Å². The van der Waals surface area contributed by atoms with E-state index in [4.69, 9.17) is 10.5 Å². The van der Waals surface area contributed by atoms with Crippen LogP contribution < -0.4 is 16.4 Å². The molecule has 8 heteroatoms. The van der Waals surface area contributed by atoms with Crippen molar-refractivity contribution in [3.05, 3.63) is 82.6 Å². The molecule has 196 valence electrons. The van der Waals surface area contributed by atoms with Gasteiger partial charge in [-0.2, -0.15) is 0 Å². The van der Waals surface area contributed by atoms with Crippen molar-refractivity contribution in [3.8, 4) is 0 Å². The summed E-state index contributed by atoms with van der Waals surface area (Å²) >= 11 is 0. The van der Waals surface area contributed by atoms with Gasteiger partial charge in [-0.1, -0.05) is 37.1 Å². The Morgan fingerprint density at radius 1 is 1.14 bits per heavy atom. The predicted octanol–water partition coefficient (Wildman–Crippen LogP) is 3.96. The molecule has 1 aliphatic carbocycles. The van der Waals surface area contributed by atoms with Crippen LogP contribution in [0.3, 0.4) is 0 Å². The largest absolute Gasteiger partial charge is 0.369 e. The standard InChI is InChI=1S/C29H34F2N4O2/c30-22-9-6-19(7-10-22)26(20-4-3-5-23(31)14-20)27(32)28(36)35-25-17-33-15-21(25)8-11-24-16-34-18-29(37-24)12-1-2-13-29/h3-7,9-10,14,17,24,26-27,34H,1-2,8,11-13,15-16,18,32H2,(H,35,36)/t24-,26+,27+/m1/s1. The molecular weight excluding hydrogens is 474 g/mol. The fourth-order valence-electron chi connectivity index (χ4n) is 5.81. The van der Waals surface area contributed by atoms with Crippen LogP contribution in [0.2, 0.25) is 0 Å². The molecule has 5 rings (SSSR count). The van der Waals surface area contributed by atoms with Gasteiger partial charge in [0, 0.05) is 25.2 Å². The van der Waals surface area contributed by atoms with Crippen LogP contribution in [0.5, 0.6) is 0 Å². The molecule has 2 aromatic carbocycles. The third-order valence-electron chi connectivity index (χ3n) is 7.76. The number of benzene rings is 2. The molecule has 3 aliphatic rings. The molecule has 1 saturated heterocycles. The number of hydrogen-bond acceptors (Lipinski definition) is 5. The number of carbonyl (C=O) groups excluding carboxylic acids is 1. The highest BCUT2D eigenvalue weighted by atomic mass is 19.1. The SMILES string of the molecule is N[C@H](C(=O)NC1=C(CC[C@@H]2CNCC3(CCCC3)O2)CN=C1)[C@@H](c1ccc(F)cc1)c1cccc(F)c1. The first-order valence-electron chi connectivity index (χ1n) is 13.1. The number of amides is 1. The van der Waals surface area contributed by atoms with Crippen LogP contribution >= 0.6 is 0 Å². The maximum absolute atomic E-state index is 14.0. The summed E-state index contributed by atoms with van der Waals surface area (Å²) in [5.74, 6) is -1.88. The number of hydrogen-bond donors (Lipinski definition) is 3. The smallest absolute Gasteiger partial charge is 0.242 e. The van der Waals surface area contributed by atoms with Gasteiger partial charge in [-0.05, 0) is 66.6 Å². The first kappa shape index (κ1) is 25.7. The van der Waals surface area contributed by atoms with Gasteiger partial charge >= 0.3 is 0 Å². The highest BCUT2D eigenvalue weighted by molar-refractivity contribution is 5.93. The van der Waals surface area contributed by atoms with Crippen LogP contribution in [-0.4, -0.2) is 49.5 Å². The fraction of sp³-hybridized carbons (Fsp3) is 0.448. The van der Waals surface area contributed by atoms with Crippen molar-refractivity contribution in [1.29, 1.82) is 0 Å². The Morgan fingerprint density at radius 3 is 2.68 bits per heavy atom. The molecule has 2 aromatic rings. The molecule has 6 nitrogen and oxygen atoms in total. The summed E-state index contributed by atoms with van der Waals surface area (Å²) in [4.78, 5) is 17.7. The Kier molecular flexibility index (Phi) is 7.79. The minimum atomic E-state index is -1.02. The summed E-state index contributed by atoms with van der Waals surface area (Å²) in [6, 6.07) is 10.8. The first-order valence-corrected chi connectivity index (χ1v) is 13.1. The number of morpholine rings is 1. The maximum Gasteiger partial charge on any atom is 0.242 e. The molecule has 0 bridgehead atoms. The number of nitrogens with one attached hydrogen (secondary N) is 2. The van der Waals surface area contributed by atoms with Crippen molar-refractivity contribution in [2.24, 2.45) is 10.7 Å². The summed E-state index contributed by atoms with van der Waals surface area (Å²) in [7, 11) is 0. The predicted molar refractivity (Wildman–Crippen MR) is 139 cm³/mol. The fourth-order valence-corrected chi connectivity index (χ4v) is 5.81. The third kappa shape index (κ3) is 5.98. The first-order chi connectivity index (χ1) is 17.9. The van der Waals surface area contributed by atoms with Gasteiger partial charge in [-0.15, -0.1) is 0 Å². The van der Waals surface area contributed by atoms with Gasteiger partial charge in [0.1, 0.15) is 11.6 Å². The number of nitrogens with zero attached hydrogens (tertiary/aromatic N) is 1. The number of allylic oxidation sites excluding steroid dienone is 1. The molecular formula is C29H34F2N4O2. The Labute approximate surface area is 216 Å². The number of halogens is 2. The second-order valence-corrected chi connectivity index (χ2v) is 10.4. The average molecular weight is 509 g/mol. The molecule has 1 spiro atoms. The van der Waals surface area contributed by atoms with E-state index in [1.807, 2.05) is 0 Å². The normalized spacial score (nSPS) is 22.4. The van der Waals surface area contributed by atoms with Crippen LogP contribution in [0.15, 0.2) is 64.8 Å². The van der Waals surface area contributed by atoms with Crippen LogP contribution in [0, 0.1) is 11.6 Å². The Morgan fingerprint density at radius 2 is 1.92 bits per heavy atom. The van der Waals surface area contributed by atoms with Crippen molar-refractivity contribution < 1.29 is 18.3 Å². The lowest BCUT2D eigenvalue weighted by atomic mass is 9.85. The molecule has 37 heavy (non-hydrogen) atoms. The lowest BCUT2D eigenvalue weighted by molar-refractivity contribution is -0.121. The maximum atomic E-state index is 14.0. The zero-order chi connectivity index (χ0) is 25.8. The zero-order valence-corrected chi connectivity index (χ0v) is 20.9. The highest BCUT2D eigenvalue weighted by Crippen LogP contribution is 2.36. The summed E-state index contributed by atoms with van der Waals surface area (Å²) in [5.41, 5.74) is 9.34. The quantitative estimate of drug-likeness (QED) is 0.504. The van der Waals surface area contributed by atoms with Crippen molar-refractivity contribution in [2.45, 2.75) is 62.2 Å². The van der Waals surface area contributed by atoms with E-state index in [0.29, 0.717) is 23.4 Å². The lowest BCUT2D eigenvalue weighted by Crippen LogP contribution is -2.52. The number of nitrogens with two attached hydrogens (primary N) is 1. The van der Waals surface area contributed by atoms with E-state index < -0.39 is 29.5 Å². The van der Waals surface area contributed by atoms with Crippen LogP contribution in [0.25, 0.3) is 0 Å². The molecule has 0 unspecified atom stereocenters. The number of aliphatic imine (C=N–C) groups is 1. The van der Waals surface area contributed by atoms with Crippen molar-refractivity contribution in [3.63, 3.8) is 0 Å². The van der Waals surface area contributed by atoms with Crippen LogP contribution in [0.1, 0.15) is 55.6 Å². The highest BCUT2D eigenvalue weighted by Gasteiger charge is 2.39. The Balaban J connectivity index is 1.28. The molecule has 1 saturated carbocycles. The van der Waals surface area contributed by atoms with E-state index in [-0.39, 0.29) is 11.7 Å². The lowest BCUT2D eigenvalue weighted by Gasteiger charge is -2.39. The molecule has 2 fully saturated rings. The topological polar surface area (TPSA) is 88.7 Å². The van der Waals surface area contributed by atoms with E-state index in [1.165, 1.54) is 37.1 Å². The molecule has 4 N–H and O–H groups in total. The van der Waals surface area contributed by atoms with Gasteiger partial charge in [0.15, 0.2) is 0 Å². The zero-order valence-electron chi connectivity index (χ0n) is 20.9. The third-order valence-corrected chi connectivity index (χ3v) is 7.76. The summed E-state index contributed by atoms with van der Waals surface area (Å²) in [6.45, 7) is 2.28. The van der Waals surface area contributed by atoms with Gasteiger partial charge in [-0.25, -0.2) is 8.78 Å². The monoisotopic (exact) mass is 508 g/mol. The Bertz CT molecular complexity index is 1170. The minimum Gasteiger partial charge on any atom is -0.369 e.